The molecule has 0 aliphatic carbocycles. The lowest BCUT2D eigenvalue weighted by atomic mass is 10.2. The summed E-state index contributed by atoms with van der Waals surface area (Å²) >= 11 is 0. The van der Waals surface area contributed by atoms with Gasteiger partial charge in [0.1, 0.15) is 5.76 Å². The Bertz CT molecular complexity index is 775. The second-order valence-corrected chi connectivity index (χ2v) is 4.18. The van der Waals surface area contributed by atoms with E-state index >= 15 is 0 Å². The number of ether oxygens (including phenoxy) is 1. The number of hydrogen-bond acceptors (Lipinski definition) is 3. The third-order valence-electron chi connectivity index (χ3n) is 2.81. The second kappa shape index (κ2) is 4.92. The smallest absolute Gasteiger partial charge is 0.232 e. The van der Waals surface area contributed by atoms with Crippen molar-refractivity contribution in [3.05, 3.63) is 76.9 Å². The Hall–Kier alpha value is -2.64. The Morgan fingerprint density at radius 3 is 3.11 bits per heavy atom. The van der Waals surface area contributed by atoms with Gasteiger partial charge in [0.2, 0.25) is 5.88 Å². The van der Waals surface area contributed by atoms with Crippen LogP contribution in [0.25, 0.3) is 6.08 Å². The topological polar surface area (TPSA) is 34.0 Å². The molecule has 0 aromatic heterocycles. The first-order valence-electron chi connectivity index (χ1n) is 6.00. The minimum atomic E-state index is 0.503. The van der Waals surface area contributed by atoms with E-state index in [0.717, 1.165) is 16.1 Å². The van der Waals surface area contributed by atoms with Crippen LogP contribution < -0.4 is 10.6 Å². The molecule has 3 nitrogen and oxygen atoms in total. The van der Waals surface area contributed by atoms with E-state index in [4.69, 9.17) is 4.74 Å². The van der Waals surface area contributed by atoms with Crippen molar-refractivity contribution in [1.82, 2.24) is 0 Å². The third kappa shape index (κ3) is 2.46. The highest BCUT2D eigenvalue weighted by Crippen LogP contribution is 2.16. The van der Waals surface area contributed by atoms with E-state index in [1.165, 1.54) is 0 Å². The summed E-state index contributed by atoms with van der Waals surface area (Å²) in [5, 5.41) is 1.92. The summed E-state index contributed by atoms with van der Waals surface area (Å²) in [6, 6.07) is 7.90. The predicted octanol–water partition coefficient (Wildman–Crippen LogP) is 1.64. The fourth-order valence-corrected chi connectivity index (χ4v) is 1.91. The largest absolute Gasteiger partial charge is 0.439 e. The zero-order chi connectivity index (χ0) is 13.1. The maximum absolute atomic E-state index is 5.68. The molecular weight excluding hydrogens is 236 g/mol. The number of para-hydroxylation sites is 1. The van der Waals surface area contributed by atoms with Crippen molar-refractivity contribution >= 4 is 11.9 Å². The quantitative estimate of drug-likeness (QED) is 0.687. The molecule has 0 saturated carbocycles. The van der Waals surface area contributed by atoms with Crippen molar-refractivity contribution in [2.24, 2.45) is 9.98 Å². The van der Waals surface area contributed by atoms with Crippen LogP contribution >= 0.6 is 0 Å². The van der Waals surface area contributed by atoms with Gasteiger partial charge in [0.15, 0.2) is 0 Å². The summed E-state index contributed by atoms with van der Waals surface area (Å²) in [6.07, 6.45) is 7.41. The van der Waals surface area contributed by atoms with Gasteiger partial charge >= 0.3 is 0 Å². The fourth-order valence-electron chi connectivity index (χ4n) is 1.91. The lowest BCUT2D eigenvalue weighted by Gasteiger charge is -2.06. The first-order valence-corrected chi connectivity index (χ1v) is 6.00. The first kappa shape index (κ1) is 11.5. The lowest BCUT2D eigenvalue weighted by Crippen LogP contribution is -2.24. The minimum absolute atomic E-state index is 0.503. The van der Waals surface area contributed by atoms with E-state index in [1.807, 2.05) is 42.5 Å². The Morgan fingerprint density at radius 1 is 1.26 bits per heavy atom. The van der Waals surface area contributed by atoms with Crippen molar-refractivity contribution < 1.29 is 4.74 Å². The van der Waals surface area contributed by atoms with Crippen LogP contribution in [0.3, 0.4) is 0 Å². The van der Waals surface area contributed by atoms with E-state index < -0.39 is 0 Å². The van der Waals surface area contributed by atoms with Gasteiger partial charge in [0.25, 0.3) is 0 Å². The van der Waals surface area contributed by atoms with Gasteiger partial charge in [-0.3, -0.25) is 4.99 Å². The summed E-state index contributed by atoms with van der Waals surface area (Å²) in [5.74, 6) is 3.83. The van der Waals surface area contributed by atoms with E-state index in [0.29, 0.717) is 18.2 Å². The van der Waals surface area contributed by atoms with E-state index in [9.17, 15) is 0 Å². The highest BCUT2D eigenvalue weighted by molar-refractivity contribution is 5.59. The molecule has 0 spiro atoms. The molecule has 2 aliphatic heterocycles. The van der Waals surface area contributed by atoms with Gasteiger partial charge < -0.3 is 4.74 Å². The van der Waals surface area contributed by atoms with Gasteiger partial charge in [0, 0.05) is 10.8 Å². The fraction of sp³-hybridized carbons (Fsp3) is 0.0625. The van der Waals surface area contributed by atoms with Crippen LogP contribution in [0, 0.1) is 0 Å². The number of hydrogen-bond donors (Lipinski definition) is 0. The number of fused-ring (bicyclic) bond motifs is 1. The zero-order valence-electron chi connectivity index (χ0n) is 10.3. The van der Waals surface area contributed by atoms with E-state index in [-0.39, 0.29) is 0 Å². The maximum Gasteiger partial charge on any atom is 0.232 e. The molecule has 0 saturated heterocycles. The van der Waals surface area contributed by atoms with Crippen molar-refractivity contribution in [3.63, 3.8) is 0 Å². The SMILES string of the molecule is C=C1/C=c2/ccccc2=NCC2=C(N=C=CC=C2)O1. The summed E-state index contributed by atoms with van der Waals surface area (Å²) < 4.78 is 5.68. The monoisotopic (exact) mass is 248 g/mol. The molecule has 1 aromatic carbocycles. The molecular formula is C16H12N2O. The van der Waals surface area contributed by atoms with Crippen molar-refractivity contribution in [2.45, 2.75) is 0 Å². The number of allylic oxidation sites excluding steroid dienone is 3. The maximum atomic E-state index is 5.68. The first-order chi connectivity index (χ1) is 9.33. The molecule has 0 atom stereocenters. The molecule has 0 N–H and O–H groups in total. The lowest BCUT2D eigenvalue weighted by molar-refractivity contribution is 0.322. The molecule has 19 heavy (non-hydrogen) atoms. The van der Waals surface area contributed by atoms with Gasteiger partial charge in [0.05, 0.1) is 11.9 Å². The van der Waals surface area contributed by atoms with Crippen LogP contribution in [0.4, 0.5) is 0 Å². The Morgan fingerprint density at radius 2 is 2.16 bits per heavy atom. The Balaban J connectivity index is 2.18. The van der Waals surface area contributed by atoms with Crippen LogP contribution in [0.1, 0.15) is 0 Å². The molecule has 1 aromatic rings. The van der Waals surface area contributed by atoms with E-state index in [2.05, 4.69) is 22.4 Å². The molecule has 0 unspecified atom stereocenters. The van der Waals surface area contributed by atoms with Crippen LogP contribution in [-0.4, -0.2) is 12.4 Å². The molecule has 0 bridgehead atoms. The van der Waals surface area contributed by atoms with Gasteiger partial charge in [-0.05, 0) is 24.1 Å². The van der Waals surface area contributed by atoms with Gasteiger partial charge in [-0.15, -0.1) is 0 Å². The summed E-state index contributed by atoms with van der Waals surface area (Å²) in [6.45, 7) is 4.42. The average Bonchev–Trinajstić information content (AvgIpc) is 2.59. The highest BCUT2D eigenvalue weighted by Gasteiger charge is 2.08. The Kier molecular flexibility index (Phi) is 2.97. The summed E-state index contributed by atoms with van der Waals surface area (Å²) in [5.41, 5.74) is 0.910. The molecule has 3 heteroatoms. The van der Waals surface area contributed by atoms with Crippen molar-refractivity contribution in [3.8, 4) is 0 Å². The van der Waals surface area contributed by atoms with Crippen LogP contribution in [0.5, 0.6) is 0 Å². The van der Waals surface area contributed by atoms with Crippen LogP contribution in [-0.2, 0) is 4.74 Å². The normalized spacial score (nSPS) is 18.7. The van der Waals surface area contributed by atoms with Crippen LogP contribution in [0.2, 0.25) is 0 Å². The minimum Gasteiger partial charge on any atom is -0.439 e. The molecule has 0 fully saturated rings. The average molecular weight is 248 g/mol. The number of rotatable bonds is 0. The van der Waals surface area contributed by atoms with Crippen molar-refractivity contribution in [1.29, 1.82) is 0 Å². The molecule has 0 amide bonds. The van der Waals surface area contributed by atoms with Gasteiger partial charge in [-0.2, -0.15) is 4.99 Å². The Labute approximate surface area is 111 Å². The van der Waals surface area contributed by atoms with Gasteiger partial charge in [-0.1, -0.05) is 36.9 Å². The number of aliphatic imine (C=N–C) groups is 1. The number of benzene rings is 1. The second-order valence-electron chi connectivity index (χ2n) is 4.18. The molecule has 2 heterocycles. The third-order valence-corrected chi connectivity index (χ3v) is 2.81. The van der Waals surface area contributed by atoms with Crippen LogP contribution in [0.15, 0.2) is 76.3 Å². The zero-order valence-corrected chi connectivity index (χ0v) is 10.3. The van der Waals surface area contributed by atoms with Gasteiger partial charge in [-0.25, -0.2) is 0 Å². The molecule has 3 rings (SSSR count). The predicted molar refractivity (Wildman–Crippen MR) is 75.0 cm³/mol. The highest BCUT2D eigenvalue weighted by atomic mass is 16.5. The van der Waals surface area contributed by atoms with E-state index in [1.54, 1.807) is 6.08 Å². The molecule has 92 valence electrons. The van der Waals surface area contributed by atoms with Crippen molar-refractivity contribution in [2.75, 3.05) is 6.54 Å². The summed E-state index contributed by atoms with van der Waals surface area (Å²) in [7, 11) is 0. The molecule has 0 radical (unpaired) electrons. The number of nitrogens with zero attached hydrogens (tertiary/aromatic N) is 2. The molecule has 2 aliphatic rings. The standard InChI is InChI=1S/C16H12N2O/c1-12-10-13-6-2-3-8-15(13)18-11-14-7-4-5-9-17-16(14)19-12/h2-8,10H,1,11H2/b13-10-,18-15?. The summed E-state index contributed by atoms with van der Waals surface area (Å²) in [4.78, 5) is 8.75.